The van der Waals surface area contributed by atoms with Crippen molar-refractivity contribution in [1.29, 1.82) is 0 Å². The smallest absolute Gasteiger partial charge is 0.246 e. The lowest BCUT2D eigenvalue weighted by atomic mass is 10.0. The summed E-state index contributed by atoms with van der Waals surface area (Å²) in [5, 5.41) is 3.37. The molecule has 1 amide bonds. The van der Waals surface area contributed by atoms with E-state index in [0.717, 1.165) is 31.8 Å². The maximum absolute atomic E-state index is 11.7. The van der Waals surface area contributed by atoms with Crippen molar-refractivity contribution < 1.29 is 4.79 Å². The van der Waals surface area contributed by atoms with E-state index in [0.29, 0.717) is 11.8 Å². The van der Waals surface area contributed by atoms with Gasteiger partial charge in [0.1, 0.15) is 0 Å². The van der Waals surface area contributed by atoms with Crippen LogP contribution in [0.15, 0.2) is 11.6 Å². The minimum atomic E-state index is 0.194. The van der Waals surface area contributed by atoms with Crippen LogP contribution in [0.1, 0.15) is 13.8 Å². The van der Waals surface area contributed by atoms with E-state index in [4.69, 9.17) is 0 Å². The highest BCUT2D eigenvalue weighted by Gasteiger charge is 2.37. The van der Waals surface area contributed by atoms with E-state index in [1.807, 2.05) is 18.7 Å². The third-order valence-electron chi connectivity index (χ3n) is 3.11. The molecule has 14 heavy (non-hydrogen) atoms. The average molecular weight is 194 g/mol. The molecule has 0 aromatic heterocycles. The van der Waals surface area contributed by atoms with E-state index in [-0.39, 0.29) is 5.91 Å². The molecule has 2 saturated heterocycles. The Hall–Kier alpha value is -0.830. The number of hydrogen-bond acceptors (Lipinski definition) is 2. The van der Waals surface area contributed by atoms with Crippen LogP contribution in [0.4, 0.5) is 0 Å². The molecule has 0 spiro atoms. The van der Waals surface area contributed by atoms with Crippen LogP contribution in [0.5, 0.6) is 0 Å². The van der Waals surface area contributed by atoms with Gasteiger partial charge in [-0.3, -0.25) is 4.79 Å². The molecule has 2 rings (SSSR count). The third kappa shape index (κ3) is 1.82. The van der Waals surface area contributed by atoms with Gasteiger partial charge < -0.3 is 10.2 Å². The summed E-state index contributed by atoms with van der Waals surface area (Å²) in [4.78, 5) is 13.7. The number of rotatable bonds is 1. The van der Waals surface area contributed by atoms with Crippen molar-refractivity contribution in [3.05, 3.63) is 11.6 Å². The zero-order chi connectivity index (χ0) is 10.1. The molecule has 2 aliphatic rings. The average Bonchev–Trinajstić information content (AvgIpc) is 2.58. The van der Waals surface area contributed by atoms with Crippen LogP contribution < -0.4 is 5.32 Å². The molecule has 2 unspecified atom stereocenters. The first-order valence-corrected chi connectivity index (χ1v) is 5.31. The second-order valence-corrected chi connectivity index (χ2v) is 4.64. The molecule has 3 heteroatoms. The summed E-state index contributed by atoms with van der Waals surface area (Å²) >= 11 is 0. The second-order valence-electron chi connectivity index (χ2n) is 4.64. The molecule has 78 valence electrons. The van der Waals surface area contributed by atoms with Crippen LogP contribution in [0.2, 0.25) is 0 Å². The standard InChI is InChI=1S/C11H18N2O/c1-8(2)3-11(14)13-6-9-4-12-5-10(9)7-13/h3,9-10,12H,4-7H2,1-2H3. The molecule has 3 nitrogen and oxygen atoms in total. The highest BCUT2D eigenvalue weighted by atomic mass is 16.2. The van der Waals surface area contributed by atoms with E-state index >= 15 is 0 Å². The Kier molecular flexibility index (Phi) is 2.59. The molecule has 0 aromatic carbocycles. The molecule has 1 N–H and O–H groups in total. The molecule has 0 saturated carbocycles. The Morgan fingerprint density at radius 3 is 2.36 bits per heavy atom. The molecular formula is C11H18N2O. The quantitative estimate of drug-likeness (QED) is 0.621. The summed E-state index contributed by atoms with van der Waals surface area (Å²) in [6, 6.07) is 0. The number of fused-ring (bicyclic) bond motifs is 1. The molecule has 0 aromatic rings. The highest BCUT2D eigenvalue weighted by molar-refractivity contribution is 5.88. The van der Waals surface area contributed by atoms with Crippen LogP contribution in [-0.2, 0) is 4.79 Å². The third-order valence-corrected chi connectivity index (χ3v) is 3.11. The number of carbonyl (C=O) groups excluding carboxylic acids is 1. The zero-order valence-corrected chi connectivity index (χ0v) is 8.92. The van der Waals surface area contributed by atoms with E-state index in [2.05, 4.69) is 5.32 Å². The van der Waals surface area contributed by atoms with Crippen LogP contribution in [0.25, 0.3) is 0 Å². The summed E-state index contributed by atoms with van der Waals surface area (Å²) in [7, 11) is 0. The highest BCUT2D eigenvalue weighted by Crippen LogP contribution is 2.26. The van der Waals surface area contributed by atoms with Crippen molar-refractivity contribution in [2.45, 2.75) is 13.8 Å². The fraction of sp³-hybridized carbons (Fsp3) is 0.727. The van der Waals surface area contributed by atoms with Crippen LogP contribution in [-0.4, -0.2) is 37.0 Å². The summed E-state index contributed by atoms with van der Waals surface area (Å²) in [6.45, 7) is 8.00. The van der Waals surface area contributed by atoms with Crippen molar-refractivity contribution in [2.24, 2.45) is 11.8 Å². The van der Waals surface area contributed by atoms with Gasteiger partial charge in [-0.15, -0.1) is 0 Å². The fourth-order valence-corrected chi connectivity index (χ4v) is 2.37. The SMILES string of the molecule is CC(C)=CC(=O)N1CC2CNCC2C1. The number of likely N-dealkylation sites (tertiary alicyclic amines) is 1. The van der Waals surface area contributed by atoms with Gasteiger partial charge in [0.15, 0.2) is 0 Å². The van der Waals surface area contributed by atoms with Crippen LogP contribution in [0.3, 0.4) is 0 Å². The molecule has 0 bridgehead atoms. The molecular weight excluding hydrogens is 176 g/mol. The zero-order valence-electron chi connectivity index (χ0n) is 8.92. The number of carbonyl (C=O) groups is 1. The van der Waals surface area contributed by atoms with Crippen LogP contribution in [0, 0.1) is 11.8 Å². The number of amides is 1. The topological polar surface area (TPSA) is 32.3 Å². The number of hydrogen-bond donors (Lipinski definition) is 1. The van der Waals surface area contributed by atoms with Gasteiger partial charge in [0.25, 0.3) is 0 Å². The summed E-state index contributed by atoms with van der Waals surface area (Å²) in [6.07, 6.45) is 1.74. The van der Waals surface area contributed by atoms with Crippen molar-refractivity contribution in [3.8, 4) is 0 Å². The van der Waals surface area contributed by atoms with Crippen molar-refractivity contribution in [1.82, 2.24) is 10.2 Å². The lowest BCUT2D eigenvalue weighted by molar-refractivity contribution is -0.125. The van der Waals surface area contributed by atoms with Crippen molar-refractivity contribution >= 4 is 5.91 Å². The molecule has 0 radical (unpaired) electrons. The van der Waals surface area contributed by atoms with E-state index in [1.165, 1.54) is 0 Å². The van der Waals surface area contributed by atoms with Gasteiger partial charge in [0, 0.05) is 32.3 Å². The normalized spacial score (nSPS) is 30.3. The van der Waals surface area contributed by atoms with Crippen molar-refractivity contribution in [3.63, 3.8) is 0 Å². The Balaban J connectivity index is 1.96. The first kappa shape index (κ1) is 9.71. The Morgan fingerprint density at radius 2 is 1.86 bits per heavy atom. The minimum Gasteiger partial charge on any atom is -0.338 e. The lowest BCUT2D eigenvalue weighted by Gasteiger charge is -2.15. The first-order valence-electron chi connectivity index (χ1n) is 5.31. The second kappa shape index (κ2) is 3.73. The largest absolute Gasteiger partial charge is 0.338 e. The number of nitrogens with zero attached hydrogens (tertiary/aromatic N) is 1. The monoisotopic (exact) mass is 194 g/mol. The van der Waals surface area contributed by atoms with E-state index in [9.17, 15) is 4.79 Å². The van der Waals surface area contributed by atoms with Crippen LogP contribution >= 0.6 is 0 Å². The van der Waals surface area contributed by atoms with Gasteiger partial charge in [0.2, 0.25) is 5.91 Å². The predicted octanol–water partition coefficient (Wildman–Crippen LogP) is 0.630. The molecule has 2 fully saturated rings. The molecule has 2 atom stereocenters. The summed E-state index contributed by atoms with van der Waals surface area (Å²) in [5.74, 6) is 1.59. The fourth-order valence-electron chi connectivity index (χ4n) is 2.37. The maximum Gasteiger partial charge on any atom is 0.246 e. The lowest BCUT2D eigenvalue weighted by Crippen LogP contribution is -2.30. The van der Waals surface area contributed by atoms with Gasteiger partial charge in [-0.1, -0.05) is 5.57 Å². The Labute approximate surface area is 85.2 Å². The Morgan fingerprint density at radius 1 is 1.29 bits per heavy atom. The Bertz CT molecular complexity index is 256. The van der Waals surface area contributed by atoms with Gasteiger partial charge >= 0.3 is 0 Å². The number of nitrogens with one attached hydrogen (secondary N) is 1. The molecule has 2 heterocycles. The van der Waals surface area contributed by atoms with Gasteiger partial charge in [-0.05, 0) is 25.7 Å². The molecule has 0 aliphatic carbocycles. The van der Waals surface area contributed by atoms with Crippen molar-refractivity contribution in [2.75, 3.05) is 26.2 Å². The molecule has 2 aliphatic heterocycles. The summed E-state index contributed by atoms with van der Waals surface area (Å²) in [5.41, 5.74) is 1.09. The van der Waals surface area contributed by atoms with E-state index < -0.39 is 0 Å². The predicted molar refractivity (Wildman–Crippen MR) is 55.9 cm³/mol. The van der Waals surface area contributed by atoms with Gasteiger partial charge in [-0.25, -0.2) is 0 Å². The maximum atomic E-state index is 11.7. The summed E-state index contributed by atoms with van der Waals surface area (Å²) < 4.78 is 0. The first-order chi connectivity index (χ1) is 6.66. The number of allylic oxidation sites excluding steroid dienone is 1. The van der Waals surface area contributed by atoms with Gasteiger partial charge in [0.05, 0.1) is 0 Å². The van der Waals surface area contributed by atoms with E-state index in [1.54, 1.807) is 6.08 Å². The minimum absolute atomic E-state index is 0.194. The van der Waals surface area contributed by atoms with Gasteiger partial charge in [-0.2, -0.15) is 0 Å².